The van der Waals surface area contributed by atoms with Crippen molar-refractivity contribution in [3.63, 3.8) is 0 Å². The lowest BCUT2D eigenvalue weighted by atomic mass is 10.2. The van der Waals surface area contributed by atoms with Gasteiger partial charge < -0.3 is 10.2 Å². The Morgan fingerprint density at radius 1 is 0.966 bits per heavy atom. The van der Waals surface area contributed by atoms with Gasteiger partial charge in [0.2, 0.25) is 0 Å². The van der Waals surface area contributed by atoms with E-state index in [1.165, 1.54) is 18.6 Å². The predicted octanol–water partition coefficient (Wildman–Crippen LogP) is 3.17. The summed E-state index contributed by atoms with van der Waals surface area (Å²) in [5.74, 6) is 1.45. The number of aromatic nitrogens is 4. The molecule has 29 heavy (non-hydrogen) atoms. The highest BCUT2D eigenvalue weighted by Crippen LogP contribution is 2.32. The van der Waals surface area contributed by atoms with Crippen LogP contribution in [0.1, 0.15) is 6.42 Å². The van der Waals surface area contributed by atoms with E-state index >= 15 is 0 Å². The number of fused-ring (bicyclic) bond motifs is 3. The zero-order valence-corrected chi connectivity index (χ0v) is 15.7. The van der Waals surface area contributed by atoms with Crippen molar-refractivity contribution in [3.05, 3.63) is 66.7 Å². The number of pyridine rings is 2. The van der Waals surface area contributed by atoms with E-state index in [9.17, 15) is 4.39 Å². The molecule has 1 N–H and O–H groups in total. The Morgan fingerprint density at radius 3 is 2.52 bits per heavy atom. The number of benzene rings is 1. The molecule has 2 aliphatic rings. The van der Waals surface area contributed by atoms with Crippen LogP contribution in [0.25, 0.3) is 28.2 Å². The molecule has 4 aromatic rings. The van der Waals surface area contributed by atoms with Gasteiger partial charge in [0, 0.05) is 43.1 Å². The SMILES string of the molecule is Fc1ccc(-c2nc3ccc(N4C[C@H]5C[C@@H]4CN5)nc3n2-c2ccncc2)cc1. The second-order valence-corrected chi connectivity index (χ2v) is 7.64. The first kappa shape index (κ1) is 16.6. The van der Waals surface area contributed by atoms with E-state index in [2.05, 4.69) is 21.3 Å². The molecule has 2 aliphatic heterocycles. The fraction of sp³-hybridized carbons (Fsp3) is 0.227. The maximum Gasteiger partial charge on any atom is 0.167 e. The normalized spacial score (nSPS) is 20.7. The lowest BCUT2D eigenvalue weighted by Gasteiger charge is -2.28. The second kappa shape index (κ2) is 6.35. The molecule has 0 unspecified atom stereocenters. The number of piperazine rings is 1. The molecule has 144 valence electrons. The van der Waals surface area contributed by atoms with Gasteiger partial charge in [-0.25, -0.2) is 14.4 Å². The van der Waals surface area contributed by atoms with E-state index < -0.39 is 0 Å². The van der Waals surface area contributed by atoms with Crippen molar-refractivity contribution in [3.8, 4) is 17.1 Å². The molecule has 6 nitrogen and oxygen atoms in total. The van der Waals surface area contributed by atoms with Crippen LogP contribution in [0.15, 0.2) is 60.9 Å². The highest BCUT2D eigenvalue weighted by atomic mass is 19.1. The van der Waals surface area contributed by atoms with E-state index in [-0.39, 0.29) is 5.82 Å². The Bertz CT molecular complexity index is 1190. The van der Waals surface area contributed by atoms with Crippen molar-refractivity contribution < 1.29 is 4.39 Å². The standard InChI is InChI=1S/C22H19FN6/c23-15-3-1-14(2-4-15)21-26-19-5-6-20(28-13-16-11-18(28)12-25-16)27-22(19)29(21)17-7-9-24-10-8-17/h1-10,16,18,25H,11-13H2/t16-,18-/m1/s1. The number of imidazole rings is 1. The van der Waals surface area contributed by atoms with E-state index in [1.54, 1.807) is 24.5 Å². The minimum atomic E-state index is -0.265. The number of anilines is 1. The van der Waals surface area contributed by atoms with Gasteiger partial charge in [0.1, 0.15) is 23.0 Å². The van der Waals surface area contributed by atoms with Gasteiger partial charge >= 0.3 is 0 Å². The molecule has 0 amide bonds. The monoisotopic (exact) mass is 386 g/mol. The van der Waals surface area contributed by atoms with Gasteiger partial charge in [-0.05, 0) is 55.0 Å². The minimum absolute atomic E-state index is 0.265. The molecule has 5 heterocycles. The van der Waals surface area contributed by atoms with Crippen molar-refractivity contribution in [2.45, 2.75) is 18.5 Å². The van der Waals surface area contributed by atoms with Crippen LogP contribution in [0.5, 0.6) is 0 Å². The summed E-state index contributed by atoms with van der Waals surface area (Å²) in [6.45, 7) is 1.99. The number of nitrogens with one attached hydrogen (secondary N) is 1. The molecule has 2 bridgehead atoms. The van der Waals surface area contributed by atoms with Gasteiger partial charge in [-0.2, -0.15) is 0 Å². The highest BCUT2D eigenvalue weighted by Gasteiger charge is 2.38. The smallest absolute Gasteiger partial charge is 0.167 e. The molecular weight excluding hydrogens is 367 g/mol. The first-order chi connectivity index (χ1) is 14.3. The maximum atomic E-state index is 13.5. The highest BCUT2D eigenvalue weighted by molar-refractivity contribution is 5.81. The van der Waals surface area contributed by atoms with Crippen LogP contribution >= 0.6 is 0 Å². The van der Waals surface area contributed by atoms with Crippen molar-refractivity contribution >= 4 is 17.0 Å². The molecule has 2 atom stereocenters. The zero-order chi connectivity index (χ0) is 19.4. The average Bonchev–Trinajstić information content (AvgIpc) is 3.48. The molecule has 7 heteroatoms. The van der Waals surface area contributed by atoms with Crippen LogP contribution in [0, 0.1) is 5.82 Å². The number of rotatable bonds is 3. The Labute approximate surface area is 167 Å². The van der Waals surface area contributed by atoms with Crippen LogP contribution in [-0.4, -0.2) is 44.7 Å². The molecule has 2 saturated heterocycles. The van der Waals surface area contributed by atoms with Crippen molar-refractivity contribution in [2.24, 2.45) is 0 Å². The maximum absolute atomic E-state index is 13.5. The minimum Gasteiger partial charge on any atom is -0.351 e. The third-order valence-electron chi connectivity index (χ3n) is 5.86. The number of hydrogen-bond acceptors (Lipinski definition) is 5. The van der Waals surface area contributed by atoms with Gasteiger partial charge in [-0.15, -0.1) is 0 Å². The molecule has 3 aromatic heterocycles. The van der Waals surface area contributed by atoms with Crippen molar-refractivity contribution in [1.29, 1.82) is 0 Å². The predicted molar refractivity (Wildman–Crippen MR) is 110 cm³/mol. The van der Waals surface area contributed by atoms with Crippen molar-refractivity contribution in [1.82, 2.24) is 24.8 Å². The summed E-state index contributed by atoms with van der Waals surface area (Å²) in [7, 11) is 0. The summed E-state index contributed by atoms with van der Waals surface area (Å²) in [5.41, 5.74) is 3.37. The number of halogens is 1. The van der Waals surface area contributed by atoms with Crippen LogP contribution < -0.4 is 10.2 Å². The first-order valence-electron chi connectivity index (χ1n) is 9.82. The second-order valence-electron chi connectivity index (χ2n) is 7.64. The van der Waals surface area contributed by atoms with E-state index in [1.807, 2.05) is 22.8 Å². The Kier molecular flexibility index (Phi) is 3.64. The largest absolute Gasteiger partial charge is 0.351 e. The quantitative estimate of drug-likeness (QED) is 0.586. The lowest BCUT2D eigenvalue weighted by Crippen LogP contribution is -2.44. The summed E-state index contributed by atoms with van der Waals surface area (Å²) < 4.78 is 15.5. The third-order valence-corrected chi connectivity index (χ3v) is 5.86. The zero-order valence-electron chi connectivity index (χ0n) is 15.7. The Balaban J connectivity index is 1.55. The summed E-state index contributed by atoms with van der Waals surface area (Å²) >= 11 is 0. The summed E-state index contributed by atoms with van der Waals surface area (Å²) in [6, 6.07) is 15.4. The van der Waals surface area contributed by atoms with Crippen LogP contribution in [0.3, 0.4) is 0 Å². The van der Waals surface area contributed by atoms with E-state index in [0.29, 0.717) is 12.1 Å². The van der Waals surface area contributed by atoms with Crippen LogP contribution in [0.4, 0.5) is 10.2 Å². The van der Waals surface area contributed by atoms with Gasteiger partial charge in [0.05, 0.1) is 5.69 Å². The van der Waals surface area contributed by atoms with E-state index in [4.69, 9.17) is 9.97 Å². The molecule has 6 rings (SSSR count). The Hall–Kier alpha value is -3.32. The van der Waals surface area contributed by atoms with Crippen LogP contribution in [0.2, 0.25) is 0 Å². The Morgan fingerprint density at radius 2 is 1.79 bits per heavy atom. The summed E-state index contributed by atoms with van der Waals surface area (Å²) in [4.78, 5) is 16.4. The average molecular weight is 386 g/mol. The van der Waals surface area contributed by atoms with Gasteiger partial charge in [-0.3, -0.25) is 9.55 Å². The molecule has 0 radical (unpaired) electrons. The number of nitrogens with zero attached hydrogens (tertiary/aromatic N) is 5. The lowest BCUT2D eigenvalue weighted by molar-refractivity contribution is 0.577. The fourth-order valence-corrected chi connectivity index (χ4v) is 4.48. The van der Waals surface area contributed by atoms with Gasteiger partial charge in [0.25, 0.3) is 0 Å². The van der Waals surface area contributed by atoms with E-state index in [0.717, 1.165) is 47.1 Å². The van der Waals surface area contributed by atoms with Crippen LogP contribution in [-0.2, 0) is 0 Å². The third kappa shape index (κ3) is 2.69. The van der Waals surface area contributed by atoms with Gasteiger partial charge in [0.15, 0.2) is 5.65 Å². The summed E-state index contributed by atoms with van der Waals surface area (Å²) in [5, 5.41) is 3.54. The molecule has 0 aliphatic carbocycles. The molecule has 0 saturated carbocycles. The van der Waals surface area contributed by atoms with Crippen molar-refractivity contribution in [2.75, 3.05) is 18.0 Å². The molecule has 1 aromatic carbocycles. The summed E-state index contributed by atoms with van der Waals surface area (Å²) in [6.07, 6.45) is 4.68. The molecular formula is C22H19FN6. The van der Waals surface area contributed by atoms with Gasteiger partial charge in [-0.1, -0.05) is 0 Å². The molecule has 0 spiro atoms. The first-order valence-corrected chi connectivity index (χ1v) is 9.82. The topological polar surface area (TPSA) is 58.9 Å². The fourth-order valence-electron chi connectivity index (χ4n) is 4.48. The molecule has 2 fully saturated rings. The number of hydrogen-bond donors (Lipinski definition) is 1.